The molecular formula is C11H21N. The maximum absolute atomic E-state index is 5.95. The summed E-state index contributed by atoms with van der Waals surface area (Å²) in [4.78, 5) is 0. The van der Waals surface area contributed by atoms with Gasteiger partial charge in [-0.15, -0.1) is 0 Å². The Balaban J connectivity index is 2.43. The van der Waals surface area contributed by atoms with E-state index < -0.39 is 0 Å². The van der Waals surface area contributed by atoms with Crippen molar-refractivity contribution in [2.24, 2.45) is 11.7 Å². The lowest BCUT2D eigenvalue weighted by Gasteiger charge is -2.26. The van der Waals surface area contributed by atoms with Gasteiger partial charge < -0.3 is 5.73 Å². The molecule has 1 saturated carbocycles. The normalized spacial score (nSPS) is 34.1. The van der Waals surface area contributed by atoms with E-state index in [1.54, 1.807) is 5.57 Å². The fourth-order valence-corrected chi connectivity index (χ4v) is 2.07. The minimum Gasteiger partial charge on any atom is -0.327 e. The van der Waals surface area contributed by atoms with Crippen LogP contribution in [-0.2, 0) is 0 Å². The molecule has 2 N–H and O–H groups in total. The topological polar surface area (TPSA) is 26.0 Å². The van der Waals surface area contributed by atoms with Crippen molar-refractivity contribution in [2.45, 2.75) is 52.0 Å². The summed E-state index contributed by atoms with van der Waals surface area (Å²) in [6, 6.07) is 0.428. The minimum atomic E-state index is 0.428. The van der Waals surface area contributed by atoms with E-state index >= 15 is 0 Å². The van der Waals surface area contributed by atoms with Crippen molar-refractivity contribution >= 4 is 0 Å². The van der Waals surface area contributed by atoms with Gasteiger partial charge in [-0.3, -0.25) is 0 Å². The summed E-state index contributed by atoms with van der Waals surface area (Å²) in [6.07, 6.45) is 8.53. The number of hydrogen-bond acceptors (Lipinski definition) is 1. The van der Waals surface area contributed by atoms with Gasteiger partial charge in [0.2, 0.25) is 0 Å². The first-order chi connectivity index (χ1) is 5.72. The van der Waals surface area contributed by atoms with Crippen molar-refractivity contribution in [3.8, 4) is 0 Å². The molecule has 0 saturated heterocycles. The van der Waals surface area contributed by atoms with Gasteiger partial charge in [-0.25, -0.2) is 0 Å². The van der Waals surface area contributed by atoms with Gasteiger partial charge in [0.05, 0.1) is 0 Å². The molecule has 0 spiro atoms. The summed E-state index contributed by atoms with van der Waals surface area (Å²) >= 11 is 0. The smallest absolute Gasteiger partial charge is 0.00787 e. The molecule has 1 nitrogen and oxygen atoms in total. The molecule has 1 rings (SSSR count). The lowest BCUT2D eigenvalue weighted by Crippen LogP contribution is -2.27. The van der Waals surface area contributed by atoms with Crippen LogP contribution in [0.1, 0.15) is 46.0 Å². The Morgan fingerprint density at radius 3 is 2.83 bits per heavy atom. The molecule has 1 aliphatic rings. The fraction of sp³-hybridized carbons (Fsp3) is 0.818. The van der Waals surface area contributed by atoms with Crippen LogP contribution in [0.25, 0.3) is 0 Å². The van der Waals surface area contributed by atoms with Gasteiger partial charge in [0, 0.05) is 6.04 Å². The van der Waals surface area contributed by atoms with Crippen LogP contribution in [-0.4, -0.2) is 6.04 Å². The molecule has 0 bridgehead atoms. The van der Waals surface area contributed by atoms with Crippen molar-refractivity contribution in [2.75, 3.05) is 0 Å². The average molecular weight is 167 g/mol. The van der Waals surface area contributed by atoms with Crippen LogP contribution in [0.2, 0.25) is 0 Å². The summed E-state index contributed by atoms with van der Waals surface area (Å²) in [7, 11) is 0. The lowest BCUT2D eigenvalue weighted by atomic mass is 9.83. The Morgan fingerprint density at radius 1 is 1.50 bits per heavy atom. The molecule has 0 aliphatic heterocycles. The van der Waals surface area contributed by atoms with Crippen LogP contribution in [0, 0.1) is 5.92 Å². The number of rotatable bonds is 2. The summed E-state index contributed by atoms with van der Waals surface area (Å²) in [6.45, 7) is 4.53. The van der Waals surface area contributed by atoms with E-state index in [0.717, 1.165) is 12.3 Å². The molecule has 2 atom stereocenters. The number of unbranched alkanes of at least 4 members (excludes halogenated alkanes) is 1. The van der Waals surface area contributed by atoms with Crippen LogP contribution in [0.3, 0.4) is 0 Å². The maximum atomic E-state index is 5.95. The predicted molar refractivity (Wildman–Crippen MR) is 54.0 cm³/mol. The molecule has 0 aromatic rings. The zero-order valence-electron chi connectivity index (χ0n) is 8.34. The first-order valence-electron chi connectivity index (χ1n) is 5.15. The largest absolute Gasteiger partial charge is 0.327 e. The zero-order chi connectivity index (χ0) is 8.97. The van der Waals surface area contributed by atoms with Crippen molar-refractivity contribution in [3.63, 3.8) is 0 Å². The molecule has 0 radical (unpaired) electrons. The molecule has 70 valence electrons. The second-order valence-electron chi connectivity index (χ2n) is 4.16. The molecular weight excluding hydrogens is 146 g/mol. The van der Waals surface area contributed by atoms with Crippen molar-refractivity contribution in [3.05, 3.63) is 11.6 Å². The van der Waals surface area contributed by atoms with E-state index in [4.69, 9.17) is 5.73 Å². The minimum absolute atomic E-state index is 0.428. The van der Waals surface area contributed by atoms with Gasteiger partial charge >= 0.3 is 0 Å². The third-order valence-corrected chi connectivity index (χ3v) is 2.56. The van der Waals surface area contributed by atoms with E-state index in [2.05, 4.69) is 19.9 Å². The van der Waals surface area contributed by atoms with Gasteiger partial charge in [-0.2, -0.15) is 0 Å². The number of nitrogens with two attached hydrogens (primary N) is 1. The van der Waals surface area contributed by atoms with Gasteiger partial charge in [-0.1, -0.05) is 31.9 Å². The SMILES string of the molecule is CCC/C=C1\CC(C)CC(N)C1. The highest BCUT2D eigenvalue weighted by Gasteiger charge is 2.18. The quantitative estimate of drug-likeness (QED) is 0.629. The first kappa shape index (κ1) is 9.79. The van der Waals surface area contributed by atoms with E-state index in [1.807, 2.05) is 0 Å². The van der Waals surface area contributed by atoms with Gasteiger partial charge in [0.15, 0.2) is 0 Å². The van der Waals surface area contributed by atoms with Gasteiger partial charge in [-0.05, 0) is 31.6 Å². The van der Waals surface area contributed by atoms with Gasteiger partial charge in [0.1, 0.15) is 0 Å². The Morgan fingerprint density at radius 2 is 2.25 bits per heavy atom. The van der Waals surface area contributed by atoms with Crippen LogP contribution >= 0.6 is 0 Å². The second kappa shape index (κ2) is 4.66. The highest BCUT2D eigenvalue weighted by atomic mass is 14.6. The summed E-state index contributed by atoms with van der Waals surface area (Å²) in [5.74, 6) is 0.803. The van der Waals surface area contributed by atoms with Crippen molar-refractivity contribution < 1.29 is 0 Å². The molecule has 0 aromatic heterocycles. The molecule has 1 aliphatic carbocycles. The first-order valence-corrected chi connectivity index (χ1v) is 5.15. The van der Waals surface area contributed by atoms with E-state index in [9.17, 15) is 0 Å². The Kier molecular flexibility index (Phi) is 3.80. The fourth-order valence-electron chi connectivity index (χ4n) is 2.07. The van der Waals surface area contributed by atoms with Crippen LogP contribution in [0.5, 0.6) is 0 Å². The average Bonchev–Trinajstić information content (AvgIpc) is 1.99. The molecule has 12 heavy (non-hydrogen) atoms. The predicted octanol–water partition coefficient (Wildman–Crippen LogP) is 2.86. The Bertz CT molecular complexity index is 148. The Hall–Kier alpha value is -0.300. The molecule has 0 amide bonds. The summed E-state index contributed by atoms with van der Waals surface area (Å²) < 4.78 is 0. The van der Waals surface area contributed by atoms with Crippen molar-refractivity contribution in [1.29, 1.82) is 0 Å². The van der Waals surface area contributed by atoms with Crippen LogP contribution < -0.4 is 5.73 Å². The standard InChI is InChI=1S/C11H21N/c1-3-4-5-10-6-9(2)7-11(12)8-10/h5,9,11H,3-4,6-8,12H2,1-2H3/b10-5+. The van der Waals surface area contributed by atoms with E-state index in [0.29, 0.717) is 6.04 Å². The number of hydrogen-bond donors (Lipinski definition) is 1. The monoisotopic (exact) mass is 167 g/mol. The van der Waals surface area contributed by atoms with Crippen LogP contribution in [0.15, 0.2) is 11.6 Å². The third-order valence-electron chi connectivity index (χ3n) is 2.56. The van der Waals surface area contributed by atoms with Crippen molar-refractivity contribution in [1.82, 2.24) is 0 Å². The third kappa shape index (κ3) is 2.98. The second-order valence-corrected chi connectivity index (χ2v) is 4.16. The molecule has 1 heteroatoms. The van der Waals surface area contributed by atoms with E-state index in [1.165, 1.54) is 25.7 Å². The van der Waals surface area contributed by atoms with E-state index in [-0.39, 0.29) is 0 Å². The maximum Gasteiger partial charge on any atom is 0.00787 e. The highest BCUT2D eigenvalue weighted by Crippen LogP contribution is 2.27. The Labute approximate surface area is 76.0 Å². The highest BCUT2D eigenvalue weighted by molar-refractivity contribution is 5.08. The van der Waals surface area contributed by atoms with Crippen LogP contribution in [0.4, 0.5) is 0 Å². The van der Waals surface area contributed by atoms with Gasteiger partial charge in [0.25, 0.3) is 0 Å². The summed E-state index contributed by atoms with van der Waals surface area (Å²) in [5, 5.41) is 0. The lowest BCUT2D eigenvalue weighted by molar-refractivity contribution is 0.404. The number of allylic oxidation sites excluding steroid dienone is 1. The molecule has 2 unspecified atom stereocenters. The zero-order valence-corrected chi connectivity index (χ0v) is 8.34. The molecule has 0 heterocycles. The molecule has 0 aromatic carbocycles. The molecule has 1 fully saturated rings. The summed E-state index contributed by atoms with van der Waals surface area (Å²) in [5.41, 5.74) is 7.55.